The van der Waals surface area contributed by atoms with Crippen LogP contribution in [0.25, 0.3) is 0 Å². The Morgan fingerprint density at radius 3 is 2.35 bits per heavy atom. The topological polar surface area (TPSA) is 24.9 Å². The number of likely N-dealkylation sites (N-methyl/N-ethyl adjacent to an activating group) is 1. The van der Waals surface area contributed by atoms with Crippen LogP contribution in [-0.4, -0.2) is 12.0 Å². The largest absolute Gasteiger partial charge is 0.313 e. The molecule has 0 radical (unpaired) electrons. The van der Waals surface area contributed by atoms with Crippen molar-refractivity contribution in [2.24, 2.45) is 0 Å². The van der Waals surface area contributed by atoms with E-state index < -0.39 is 0 Å². The van der Waals surface area contributed by atoms with Gasteiger partial charge in [-0.25, -0.2) is 4.39 Å². The zero-order valence-electron chi connectivity index (χ0n) is 9.73. The molecule has 0 aliphatic carbocycles. The third-order valence-electron chi connectivity index (χ3n) is 2.81. The van der Waals surface area contributed by atoms with Crippen LogP contribution >= 0.6 is 0 Å². The van der Waals surface area contributed by atoms with Gasteiger partial charge in [0.2, 0.25) is 0 Å². The van der Waals surface area contributed by atoms with Gasteiger partial charge in [-0.05, 0) is 48.9 Å². The summed E-state index contributed by atoms with van der Waals surface area (Å²) < 4.78 is 12.8. The Bertz CT molecular complexity index is 453. The lowest BCUT2D eigenvalue weighted by atomic mass is 10.00. The van der Waals surface area contributed by atoms with Crippen LogP contribution < -0.4 is 5.32 Å². The molecule has 1 aromatic heterocycles. The molecule has 2 aromatic rings. The van der Waals surface area contributed by atoms with Gasteiger partial charge in [0.1, 0.15) is 5.82 Å². The van der Waals surface area contributed by atoms with E-state index in [-0.39, 0.29) is 11.9 Å². The molecule has 0 fully saturated rings. The number of nitrogens with one attached hydrogen (secondary N) is 1. The second-order valence-corrected chi connectivity index (χ2v) is 3.95. The van der Waals surface area contributed by atoms with Gasteiger partial charge in [0.05, 0.1) is 0 Å². The number of hydrogen-bond acceptors (Lipinski definition) is 2. The quantitative estimate of drug-likeness (QED) is 0.873. The molecule has 2 nitrogen and oxygen atoms in total. The normalized spacial score (nSPS) is 12.4. The molecule has 17 heavy (non-hydrogen) atoms. The van der Waals surface area contributed by atoms with Crippen molar-refractivity contribution in [3.8, 4) is 0 Å². The molecular formula is C14H15FN2. The monoisotopic (exact) mass is 230 g/mol. The van der Waals surface area contributed by atoms with Gasteiger partial charge in [0.25, 0.3) is 0 Å². The number of rotatable bonds is 4. The van der Waals surface area contributed by atoms with E-state index in [1.807, 2.05) is 31.3 Å². The first-order valence-electron chi connectivity index (χ1n) is 5.61. The summed E-state index contributed by atoms with van der Waals surface area (Å²) in [5.74, 6) is -0.196. The second kappa shape index (κ2) is 5.55. The zero-order valence-corrected chi connectivity index (χ0v) is 9.73. The first-order chi connectivity index (χ1) is 8.29. The fourth-order valence-corrected chi connectivity index (χ4v) is 1.84. The van der Waals surface area contributed by atoms with Crippen LogP contribution in [0.1, 0.15) is 17.2 Å². The molecule has 3 heteroatoms. The molecule has 0 saturated carbocycles. The average molecular weight is 230 g/mol. The Balaban J connectivity index is 2.13. The van der Waals surface area contributed by atoms with E-state index in [4.69, 9.17) is 0 Å². The molecule has 88 valence electrons. The number of hydrogen-bond donors (Lipinski definition) is 1. The van der Waals surface area contributed by atoms with Crippen molar-refractivity contribution in [2.45, 2.75) is 12.5 Å². The summed E-state index contributed by atoms with van der Waals surface area (Å²) in [4.78, 5) is 4.00. The first-order valence-corrected chi connectivity index (χ1v) is 5.61. The molecule has 0 aliphatic rings. The lowest BCUT2D eigenvalue weighted by Crippen LogP contribution is -2.18. The van der Waals surface area contributed by atoms with Gasteiger partial charge in [0.15, 0.2) is 0 Å². The van der Waals surface area contributed by atoms with E-state index in [1.165, 1.54) is 17.7 Å². The minimum atomic E-state index is -0.196. The van der Waals surface area contributed by atoms with Crippen molar-refractivity contribution in [1.82, 2.24) is 10.3 Å². The average Bonchev–Trinajstić information content (AvgIpc) is 2.39. The standard InChI is InChI=1S/C14H15FN2/c1-16-14(12-6-8-17-9-7-12)10-11-2-4-13(15)5-3-11/h2-9,14,16H,10H2,1H3. The lowest BCUT2D eigenvalue weighted by molar-refractivity contribution is 0.588. The third kappa shape index (κ3) is 3.11. The number of benzene rings is 1. The molecule has 1 atom stereocenters. The van der Waals surface area contributed by atoms with Crippen LogP contribution in [0.3, 0.4) is 0 Å². The van der Waals surface area contributed by atoms with Crippen molar-refractivity contribution < 1.29 is 4.39 Å². The molecule has 1 heterocycles. The van der Waals surface area contributed by atoms with E-state index in [2.05, 4.69) is 10.3 Å². The summed E-state index contributed by atoms with van der Waals surface area (Å²) in [6.07, 6.45) is 4.40. The van der Waals surface area contributed by atoms with Crippen LogP contribution in [0.4, 0.5) is 4.39 Å². The predicted molar refractivity (Wildman–Crippen MR) is 66.1 cm³/mol. The van der Waals surface area contributed by atoms with Crippen molar-refractivity contribution in [3.05, 3.63) is 65.7 Å². The Labute approximate surface area is 101 Å². The summed E-state index contributed by atoms with van der Waals surface area (Å²) in [7, 11) is 1.93. The van der Waals surface area contributed by atoms with Gasteiger partial charge in [-0.3, -0.25) is 4.98 Å². The number of pyridine rings is 1. The van der Waals surface area contributed by atoms with Crippen molar-refractivity contribution in [3.63, 3.8) is 0 Å². The van der Waals surface area contributed by atoms with Gasteiger partial charge in [0, 0.05) is 18.4 Å². The summed E-state index contributed by atoms with van der Waals surface area (Å²) in [5, 5.41) is 3.26. The van der Waals surface area contributed by atoms with E-state index >= 15 is 0 Å². The highest BCUT2D eigenvalue weighted by atomic mass is 19.1. The third-order valence-corrected chi connectivity index (χ3v) is 2.81. The van der Waals surface area contributed by atoms with Crippen LogP contribution in [0.15, 0.2) is 48.8 Å². The van der Waals surface area contributed by atoms with Crippen molar-refractivity contribution in [1.29, 1.82) is 0 Å². The summed E-state index contributed by atoms with van der Waals surface area (Å²) >= 11 is 0. The molecule has 2 rings (SSSR count). The molecule has 0 amide bonds. The maximum atomic E-state index is 12.8. The van der Waals surface area contributed by atoms with Crippen LogP contribution in [-0.2, 0) is 6.42 Å². The molecule has 0 saturated heterocycles. The first kappa shape index (κ1) is 11.7. The Morgan fingerprint density at radius 1 is 1.12 bits per heavy atom. The Hall–Kier alpha value is -1.74. The van der Waals surface area contributed by atoms with Crippen molar-refractivity contribution in [2.75, 3.05) is 7.05 Å². The maximum absolute atomic E-state index is 12.8. The van der Waals surface area contributed by atoms with Gasteiger partial charge < -0.3 is 5.32 Å². The highest BCUT2D eigenvalue weighted by Crippen LogP contribution is 2.17. The van der Waals surface area contributed by atoms with Gasteiger partial charge in [-0.15, -0.1) is 0 Å². The molecule has 1 N–H and O–H groups in total. The van der Waals surface area contributed by atoms with E-state index in [1.54, 1.807) is 12.4 Å². The van der Waals surface area contributed by atoms with E-state index in [0.29, 0.717) is 0 Å². The maximum Gasteiger partial charge on any atom is 0.123 e. The number of halogens is 1. The summed E-state index contributed by atoms with van der Waals surface area (Å²) in [5.41, 5.74) is 2.30. The summed E-state index contributed by atoms with van der Waals surface area (Å²) in [6.45, 7) is 0. The second-order valence-electron chi connectivity index (χ2n) is 3.95. The molecule has 1 unspecified atom stereocenters. The highest BCUT2D eigenvalue weighted by Gasteiger charge is 2.09. The fourth-order valence-electron chi connectivity index (χ4n) is 1.84. The molecule has 0 aliphatic heterocycles. The van der Waals surface area contributed by atoms with E-state index in [9.17, 15) is 4.39 Å². The Morgan fingerprint density at radius 2 is 1.76 bits per heavy atom. The van der Waals surface area contributed by atoms with Crippen LogP contribution in [0, 0.1) is 5.82 Å². The zero-order chi connectivity index (χ0) is 12.1. The molecule has 0 bridgehead atoms. The predicted octanol–water partition coefficient (Wildman–Crippen LogP) is 2.72. The highest BCUT2D eigenvalue weighted by molar-refractivity contribution is 5.22. The van der Waals surface area contributed by atoms with Crippen molar-refractivity contribution >= 4 is 0 Å². The summed E-state index contributed by atoms with van der Waals surface area (Å²) in [6, 6.07) is 10.8. The molecule has 0 spiro atoms. The van der Waals surface area contributed by atoms with Gasteiger partial charge in [-0.2, -0.15) is 0 Å². The SMILES string of the molecule is CNC(Cc1ccc(F)cc1)c1ccncc1. The smallest absolute Gasteiger partial charge is 0.123 e. The minimum absolute atomic E-state index is 0.196. The van der Waals surface area contributed by atoms with Gasteiger partial charge >= 0.3 is 0 Å². The van der Waals surface area contributed by atoms with Crippen LogP contribution in [0.5, 0.6) is 0 Å². The van der Waals surface area contributed by atoms with Gasteiger partial charge in [-0.1, -0.05) is 12.1 Å². The number of aromatic nitrogens is 1. The molecular weight excluding hydrogens is 215 g/mol. The molecule has 1 aromatic carbocycles. The fraction of sp³-hybridized carbons (Fsp3) is 0.214. The van der Waals surface area contributed by atoms with Crippen LogP contribution in [0.2, 0.25) is 0 Å². The Kier molecular flexibility index (Phi) is 3.83. The van der Waals surface area contributed by atoms with E-state index in [0.717, 1.165) is 12.0 Å². The lowest BCUT2D eigenvalue weighted by Gasteiger charge is -2.16. The number of nitrogens with zero attached hydrogens (tertiary/aromatic N) is 1. The minimum Gasteiger partial charge on any atom is -0.313 e.